The molecule has 0 rings (SSSR count). The summed E-state index contributed by atoms with van der Waals surface area (Å²) in [7, 11) is 0. The van der Waals surface area contributed by atoms with Crippen LogP contribution in [-0.4, -0.2) is 24.0 Å². The number of ether oxygens (including phenoxy) is 1. The maximum Gasteiger partial charge on any atom is 0.330 e. The van der Waals surface area contributed by atoms with E-state index in [9.17, 15) is 9.59 Å². The number of hydrogen-bond donors (Lipinski definition) is 2. The van der Waals surface area contributed by atoms with Crippen LogP contribution in [0.5, 0.6) is 0 Å². The van der Waals surface area contributed by atoms with E-state index in [-0.39, 0.29) is 24.8 Å². The van der Waals surface area contributed by atoms with Gasteiger partial charge in [0.1, 0.15) is 12.1 Å². The highest BCUT2D eigenvalue weighted by atomic mass is 35.5. The van der Waals surface area contributed by atoms with E-state index in [1.165, 1.54) is 0 Å². The highest BCUT2D eigenvalue weighted by Gasteiger charge is 2.20. The van der Waals surface area contributed by atoms with Crippen molar-refractivity contribution in [2.75, 3.05) is 0 Å². The normalized spacial score (nSPS) is 12.8. The maximum absolute atomic E-state index is 11.0. The van der Waals surface area contributed by atoms with Crippen molar-refractivity contribution < 1.29 is 14.3 Å². The molecule has 2 atom stereocenters. The van der Waals surface area contributed by atoms with Crippen molar-refractivity contribution in [2.45, 2.75) is 38.8 Å². The van der Waals surface area contributed by atoms with Crippen LogP contribution in [0.1, 0.15) is 26.7 Å². The Morgan fingerprint density at radius 3 is 1.47 bits per heavy atom. The molecule has 0 saturated heterocycles. The van der Waals surface area contributed by atoms with E-state index in [0.29, 0.717) is 12.8 Å². The minimum atomic E-state index is -0.743. The van der Waals surface area contributed by atoms with Gasteiger partial charge in [0.05, 0.1) is 0 Å². The van der Waals surface area contributed by atoms with E-state index in [4.69, 9.17) is 11.5 Å². The summed E-state index contributed by atoms with van der Waals surface area (Å²) in [5.41, 5.74) is 10.7. The molecule has 0 aliphatic carbocycles. The van der Waals surface area contributed by atoms with Crippen LogP contribution in [0.4, 0.5) is 0 Å². The van der Waals surface area contributed by atoms with Gasteiger partial charge in [-0.3, -0.25) is 0 Å². The van der Waals surface area contributed by atoms with Gasteiger partial charge in [0.2, 0.25) is 0 Å². The molecule has 0 spiro atoms. The smallest absolute Gasteiger partial charge is 0.330 e. The molecule has 0 bridgehead atoms. The molecular formula is C8H18Cl2N2O3. The highest BCUT2D eigenvalue weighted by molar-refractivity contribution is 5.90. The van der Waals surface area contributed by atoms with Crippen LogP contribution in [0.15, 0.2) is 0 Å². The van der Waals surface area contributed by atoms with Crippen molar-refractivity contribution in [1.82, 2.24) is 0 Å². The third kappa shape index (κ3) is 7.56. The Labute approximate surface area is 102 Å². The Kier molecular flexibility index (Phi) is 13.6. The molecule has 0 radical (unpaired) electrons. The van der Waals surface area contributed by atoms with E-state index in [2.05, 4.69) is 4.74 Å². The quantitative estimate of drug-likeness (QED) is 0.563. The molecule has 7 heteroatoms. The van der Waals surface area contributed by atoms with Gasteiger partial charge in [-0.05, 0) is 12.8 Å². The van der Waals surface area contributed by atoms with Crippen molar-refractivity contribution in [3.63, 3.8) is 0 Å². The van der Waals surface area contributed by atoms with Gasteiger partial charge in [0.15, 0.2) is 0 Å². The molecule has 0 aliphatic rings. The summed E-state index contributed by atoms with van der Waals surface area (Å²) in [5.74, 6) is -1.42. The van der Waals surface area contributed by atoms with Gasteiger partial charge in [-0.2, -0.15) is 0 Å². The first-order chi connectivity index (χ1) is 6.02. The van der Waals surface area contributed by atoms with Crippen LogP contribution in [-0.2, 0) is 14.3 Å². The molecule has 15 heavy (non-hydrogen) atoms. The average molecular weight is 261 g/mol. The number of hydrogen-bond acceptors (Lipinski definition) is 5. The minimum Gasteiger partial charge on any atom is -0.391 e. The van der Waals surface area contributed by atoms with Crippen molar-refractivity contribution in [1.29, 1.82) is 0 Å². The Morgan fingerprint density at radius 1 is 1.00 bits per heavy atom. The molecule has 0 aliphatic heterocycles. The van der Waals surface area contributed by atoms with E-state index in [1.807, 2.05) is 0 Å². The number of carbonyl (C=O) groups is 2. The van der Waals surface area contributed by atoms with E-state index >= 15 is 0 Å². The molecule has 5 nitrogen and oxygen atoms in total. The number of rotatable bonds is 4. The van der Waals surface area contributed by atoms with Gasteiger partial charge < -0.3 is 16.2 Å². The zero-order valence-corrected chi connectivity index (χ0v) is 10.4. The molecule has 0 heterocycles. The largest absolute Gasteiger partial charge is 0.391 e. The SMILES string of the molecule is CCC(N)C(=O)OC(=O)[C@@H](N)CC.Cl.Cl. The summed E-state index contributed by atoms with van der Waals surface area (Å²) in [4.78, 5) is 22.0. The maximum atomic E-state index is 11.0. The Bertz CT molecular complexity index is 182. The lowest BCUT2D eigenvalue weighted by Gasteiger charge is -2.10. The fraction of sp³-hybridized carbons (Fsp3) is 0.750. The van der Waals surface area contributed by atoms with Gasteiger partial charge in [-0.15, -0.1) is 24.8 Å². The number of esters is 2. The molecule has 0 fully saturated rings. The van der Waals surface area contributed by atoms with Crippen molar-refractivity contribution in [2.24, 2.45) is 11.5 Å². The van der Waals surface area contributed by atoms with E-state index < -0.39 is 24.0 Å². The second kappa shape index (κ2) is 10.2. The fourth-order valence-electron chi connectivity index (χ4n) is 0.584. The first-order valence-electron chi connectivity index (χ1n) is 4.29. The van der Waals surface area contributed by atoms with Crippen molar-refractivity contribution in [3.05, 3.63) is 0 Å². The van der Waals surface area contributed by atoms with Gasteiger partial charge in [-0.1, -0.05) is 13.8 Å². The lowest BCUT2D eigenvalue weighted by molar-refractivity contribution is -0.161. The standard InChI is InChI=1S/C8H16N2O3.2ClH/c1-3-5(9)7(11)13-8(12)6(10)4-2;;/h5-6H,3-4,9-10H2,1-2H3;2*1H/t5-,6?;;/m0../s1. The molecule has 0 aromatic rings. The predicted octanol–water partition coefficient (Wildman–Crippen LogP) is 0.374. The van der Waals surface area contributed by atoms with Gasteiger partial charge in [-0.25, -0.2) is 9.59 Å². The summed E-state index contributed by atoms with van der Waals surface area (Å²) in [6.45, 7) is 3.46. The monoisotopic (exact) mass is 260 g/mol. The minimum absolute atomic E-state index is 0. The zero-order chi connectivity index (χ0) is 10.4. The summed E-state index contributed by atoms with van der Waals surface area (Å²) in [6.07, 6.45) is 0.876. The Balaban J connectivity index is -0.000000720. The fourth-order valence-corrected chi connectivity index (χ4v) is 0.584. The lowest BCUT2D eigenvalue weighted by atomic mass is 10.2. The second-order valence-corrected chi connectivity index (χ2v) is 2.77. The second-order valence-electron chi connectivity index (χ2n) is 2.77. The van der Waals surface area contributed by atoms with Crippen molar-refractivity contribution >= 4 is 36.8 Å². The Morgan fingerprint density at radius 2 is 1.27 bits per heavy atom. The first kappa shape index (κ1) is 20.1. The predicted molar refractivity (Wildman–Crippen MR) is 62.1 cm³/mol. The molecule has 0 amide bonds. The van der Waals surface area contributed by atoms with Gasteiger partial charge >= 0.3 is 11.9 Å². The summed E-state index contributed by atoms with van der Waals surface area (Å²) < 4.78 is 4.43. The average Bonchev–Trinajstić information content (AvgIpc) is 2.14. The van der Waals surface area contributed by atoms with Crippen LogP contribution in [0.3, 0.4) is 0 Å². The van der Waals surface area contributed by atoms with Crippen LogP contribution in [0.2, 0.25) is 0 Å². The molecule has 4 N–H and O–H groups in total. The number of carbonyl (C=O) groups excluding carboxylic acids is 2. The third-order valence-electron chi connectivity index (χ3n) is 1.69. The van der Waals surface area contributed by atoms with Crippen LogP contribution in [0.25, 0.3) is 0 Å². The first-order valence-corrected chi connectivity index (χ1v) is 4.29. The van der Waals surface area contributed by atoms with Crippen LogP contribution in [0, 0.1) is 0 Å². The number of halogens is 2. The van der Waals surface area contributed by atoms with Crippen LogP contribution >= 0.6 is 24.8 Å². The molecular weight excluding hydrogens is 243 g/mol. The molecule has 0 saturated carbocycles. The van der Waals surface area contributed by atoms with E-state index in [0.717, 1.165) is 0 Å². The molecule has 92 valence electrons. The summed E-state index contributed by atoms with van der Waals surface area (Å²) in [5, 5.41) is 0. The molecule has 1 unspecified atom stereocenters. The topological polar surface area (TPSA) is 95.4 Å². The molecule has 0 aromatic heterocycles. The summed E-state index contributed by atoms with van der Waals surface area (Å²) >= 11 is 0. The zero-order valence-electron chi connectivity index (χ0n) is 8.76. The highest BCUT2D eigenvalue weighted by Crippen LogP contribution is 1.95. The lowest BCUT2D eigenvalue weighted by Crippen LogP contribution is -2.38. The van der Waals surface area contributed by atoms with Gasteiger partial charge in [0, 0.05) is 0 Å². The third-order valence-corrected chi connectivity index (χ3v) is 1.69. The summed E-state index contributed by atoms with van der Waals surface area (Å²) in [6, 6.07) is -1.49. The number of nitrogens with two attached hydrogens (primary N) is 2. The molecule has 0 aromatic carbocycles. The van der Waals surface area contributed by atoms with Crippen LogP contribution < -0.4 is 11.5 Å². The van der Waals surface area contributed by atoms with E-state index in [1.54, 1.807) is 13.8 Å². The van der Waals surface area contributed by atoms with Gasteiger partial charge in [0.25, 0.3) is 0 Å². The van der Waals surface area contributed by atoms with Crippen molar-refractivity contribution in [3.8, 4) is 0 Å². The Hall–Kier alpha value is -0.360.